The van der Waals surface area contributed by atoms with Gasteiger partial charge in [0.1, 0.15) is 48.8 Å². The van der Waals surface area contributed by atoms with Crippen LogP contribution in [-0.2, 0) is 52.9 Å². The van der Waals surface area contributed by atoms with E-state index in [1.807, 2.05) is 0 Å². The SMILES string of the molecule is CC(=O)N[C@H]1[C@@H](O[C@H]2[C@@H](O)[C@@H](COS(=O)(=O)O)O[C@@H](O[C@H]3CC[C@@]4(C)[C@@H](CC[C@@H]5[C@@H]4CC[C@]4(C)[C@@H](C(C)CCCC(C)C)CC[C@@H]54)C3)[C@@H]2O)O[C@H](COS(=O)(=O)O)[C@@H](O)[C@@H]1O. The molecule has 6 rings (SSSR count). The van der Waals surface area contributed by atoms with Crippen molar-refractivity contribution in [3.8, 4) is 0 Å². The summed E-state index contributed by atoms with van der Waals surface area (Å²) in [6.45, 7) is 11.3. The molecule has 20 heteroatoms. The van der Waals surface area contributed by atoms with Crippen LogP contribution in [0, 0.1) is 52.3 Å². The third kappa shape index (κ3) is 11.1. The van der Waals surface area contributed by atoms with Crippen LogP contribution < -0.4 is 5.32 Å². The Morgan fingerprint density at radius 1 is 0.738 bits per heavy atom. The van der Waals surface area contributed by atoms with E-state index in [2.05, 4.69) is 48.3 Å². The number of rotatable bonds is 16. The minimum absolute atomic E-state index is 0.100. The molecular weight excluding hydrogens is 843 g/mol. The zero-order valence-corrected chi connectivity index (χ0v) is 37.9. The lowest BCUT2D eigenvalue weighted by Crippen LogP contribution is -2.68. The first-order valence-corrected chi connectivity index (χ1v) is 25.0. The van der Waals surface area contributed by atoms with Gasteiger partial charge < -0.3 is 44.7 Å². The molecule has 2 aliphatic heterocycles. The van der Waals surface area contributed by atoms with E-state index in [9.17, 15) is 46.6 Å². The minimum Gasteiger partial charge on any atom is -0.388 e. The summed E-state index contributed by atoms with van der Waals surface area (Å²) in [7, 11) is -10.0. The van der Waals surface area contributed by atoms with Crippen LogP contribution in [0.2, 0.25) is 0 Å². The molecule has 6 fully saturated rings. The summed E-state index contributed by atoms with van der Waals surface area (Å²) in [4.78, 5) is 12.1. The van der Waals surface area contributed by atoms with Crippen molar-refractivity contribution in [3.05, 3.63) is 0 Å². The van der Waals surface area contributed by atoms with Gasteiger partial charge in [-0.2, -0.15) is 16.8 Å². The van der Waals surface area contributed by atoms with Gasteiger partial charge >= 0.3 is 20.8 Å². The summed E-state index contributed by atoms with van der Waals surface area (Å²) < 4.78 is 97.1. The maximum absolute atomic E-state index is 12.1. The second-order valence-corrected chi connectivity index (χ2v) is 22.2. The highest BCUT2D eigenvalue weighted by Crippen LogP contribution is 2.68. The molecule has 6 aliphatic rings. The number of carbonyl (C=O) groups is 1. The van der Waals surface area contributed by atoms with Gasteiger partial charge in [0.15, 0.2) is 12.6 Å². The normalized spacial score (nSPS) is 44.8. The summed E-state index contributed by atoms with van der Waals surface area (Å²) in [5.74, 6) is 3.85. The lowest BCUT2D eigenvalue weighted by atomic mass is 9.44. The molecule has 0 aromatic rings. The zero-order chi connectivity index (χ0) is 44.8. The third-order valence-corrected chi connectivity index (χ3v) is 16.8. The van der Waals surface area contributed by atoms with E-state index in [1.165, 1.54) is 44.9 Å². The van der Waals surface area contributed by atoms with Gasteiger partial charge in [-0.05, 0) is 110 Å². The van der Waals surface area contributed by atoms with Crippen molar-refractivity contribution in [1.82, 2.24) is 5.32 Å². The first kappa shape index (κ1) is 49.3. The van der Waals surface area contributed by atoms with Crippen LogP contribution in [0.3, 0.4) is 0 Å². The van der Waals surface area contributed by atoms with Gasteiger partial charge in [-0.3, -0.25) is 13.9 Å². The molecule has 7 N–H and O–H groups in total. The molecule has 4 aliphatic carbocycles. The topological polar surface area (TPSA) is 274 Å². The average molecular weight is 914 g/mol. The molecule has 61 heavy (non-hydrogen) atoms. The molecule has 0 aromatic carbocycles. The number of aliphatic hydroxyl groups excluding tert-OH is 4. The number of ether oxygens (including phenoxy) is 4. The highest BCUT2D eigenvalue weighted by molar-refractivity contribution is 7.81. The number of aliphatic hydroxyl groups is 4. The molecule has 4 saturated carbocycles. The second kappa shape index (κ2) is 19.4. The molecule has 0 aromatic heterocycles. The number of fused-ring (bicyclic) bond motifs is 5. The van der Waals surface area contributed by atoms with Crippen LogP contribution >= 0.6 is 0 Å². The summed E-state index contributed by atoms with van der Waals surface area (Å²) >= 11 is 0. The van der Waals surface area contributed by atoms with Crippen molar-refractivity contribution in [3.63, 3.8) is 0 Å². The van der Waals surface area contributed by atoms with E-state index < -0.39 is 107 Å². The summed E-state index contributed by atoms with van der Waals surface area (Å²) in [6.07, 6.45) is -2.81. The summed E-state index contributed by atoms with van der Waals surface area (Å²) in [6, 6.07) is -1.55. The van der Waals surface area contributed by atoms with E-state index in [-0.39, 0.29) is 5.41 Å². The Balaban J connectivity index is 1.15. The van der Waals surface area contributed by atoms with Gasteiger partial charge in [-0.15, -0.1) is 0 Å². The van der Waals surface area contributed by atoms with Gasteiger partial charge in [-0.25, -0.2) is 8.37 Å². The average Bonchev–Trinajstić information content (AvgIpc) is 3.52. The molecule has 2 saturated heterocycles. The van der Waals surface area contributed by atoms with Gasteiger partial charge in [-0.1, -0.05) is 53.9 Å². The predicted molar refractivity (Wildman–Crippen MR) is 217 cm³/mol. The molecule has 19 atom stereocenters. The Hall–Kier alpha value is -1.11. The van der Waals surface area contributed by atoms with Gasteiger partial charge in [0.2, 0.25) is 5.91 Å². The van der Waals surface area contributed by atoms with Crippen molar-refractivity contribution >= 4 is 26.7 Å². The van der Waals surface area contributed by atoms with Crippen molar-refractivity contribution in [2.24, 2.45) is 52.3 Å². The second-order valence-electron chi connectivity index (χ2n) is 20.0. The predicted octanol–water partition coefficient (Wildman–Crippen LogP) is 2.92. The molecule has 1 unspecified atom stereocenters. The molecule has 18 nitrogen and oxygen atoms in total. The first-order valence-electron chi connectivity index (χ1n) is 22.3. The number of amides is 1. The monoisotopic (exact) mass is 913 g/mol. The van der Waals surface area contributed by atoms with Crippen LogP contribution in [0.1, 0.15) is 119 Å². The van der Waals surface area contributed by atoms with Crippen molar-refractivity contribution in [2.75, 3.05) is 13.2 Å². The Bertz CT molecular complexity index is 1720. The molecule has 1 amide bonds. The smallest absolute Gasteiger partial charge is 0.388 e. The van der Waals surface area contributed by atoms with E-state index in [0.717, 1.165) is 49.9 Å². The Morgan fingerprint density at radius 3 is 1.97 bits per heavy atom. The molecule has 2 heterocycles. The van der Waals surface area contributed by atoms with Gasteiger partial charge in [0.05, 0.1) is 19.3 Å². The maximum Gasteiger partial charge on any atom is 0.397 e. The molecule has 0 radical (unpaired) electrons. The number of hydrogen-bond donors (Lipinski definition) is 7. The molecule has 0 bridgehead atoms. The minimum atomic E-state index is -5.02. The number of hydrogen-bond acceptors (Lipinski definition) is 15. The molecule has 0 spiro atoms. The van der Waals surface area contributed by atoms with Crippen LogP contribution in [0.5, 0.6) is 0 Å². The van der Waals surface area contributed by atoms with Crippen molar-refractivity contribution < 1.29 is 78.5 Å². The fourth-order valence-corrected chi connectivity index (χ4v) is 13.5. The van der Waals surface area contributed by atoms with Gasteiger partial charge in [0.25, 0.3) is 0 Å². The lowest BCUT2D eigenvalue weighted by molar-refractivity contribution is -0.353. The Kier molecular flexibility index (Phi) is 15.7. The number of nitrogens with one attached hydrogen (secondary N) is 1. The third-order valence-electron chi connectivity index (χ3n) is 15.9. The van der Waals surface area contributed by atoms with E-state index >= 15 is 0 Å². The van der Waals surface area contributed by atoms with E-state index in [4.69, 9.17) is 23.5 Å². The highest BCUT2D eigenvalue weighted by Gasteiger charge is 2.61. The van der Waals surface area contributed by atoms with Crippen molar-refractivity contribution in [2.45, 2.75) is 186 Å². The Morgan fingerprint density at radius 2 is 1.34 bits per heavy atom. The zero-order valence-electron chi connectivity index (χ0n) is 36.3. The van der Waals surface area contributed by atoms with Crippen LogP contribution in [-0.4, -0.2) is 133 Å². The van der Waals surface area contributed by atoms with Gasteiger partial charge in [0, 0.05) is 6.92 Å². The molecule has 354 valence electrons. The van der Waals surface area contributed by atoms with E-state index in [0.29, 0.717) is 36.0 Å². The molecular formula is C41H71NO17S2. The van der Waals surface area contributed by atoms with Crippen LogP contribution in [0.4, 0.5) is 0 Å². The lowest BCUT2D eigenvalue weighted by Gasteiger charge is -2.61. The highest BCUT2D eigenvalue weighted by atomic mass is 32.3. The quantitative estimate of drug-likeness (QED) is 0.0866. The van der Waals surface area contributed by atoms with Crippen LogP contribution in [0.15, 0.2) is 0 Å². The fourth-order valence-electron chi connectivity index (χ4n) is 12.9. The maximum atomic E-state index is 12.1. The fraction of sp³-hybridized carbons (Fsp3) is 0.976. The largest absolute Gasteiger partial charge is 0.397 e. The van der Waals surface area contributed by atoms with Crippen molar-refractivity contribution in [1.29, 1.82) is 0 Å². The Labute approximate surface area is 361 Å². The number of carbonyl (C=O) groups excluding carboxylic acids is 1. The first-order chi connectivity index (χ1) is 28.4. The van der Waals surface area contributed by atoms with Crippen LogP contribution in [0.25, 0.3) is 0 Å². The van der Waals surface area contributed by atoms with E-state index in [1.54, 1.807) is 0 Å². The standard InChI is InChI=1S/C41H71NO17S2/c1-21(2)8-7-9-22(3)27-12-13-28-26-11-10-24-18-25(14-16-40(24,5)29(26)15-17-41(27,28)6)56-39-36(47)37(34(45)31(58-39)20-55-61(51,52)53)59-38-32(42-23(4)43)35(46)33(44)30(57-38)19-54-60(48,49)50/h21-22,24-39,44-47H,7-20H2,1-6H3,(H,42,43)(H,48,49,50)(H,51,52,53)/t22?,24-,25-,26-,27+,28-,29-,30+,31+,32+,33+,34-,35+,36+,37-,38+,39+,40-,41+/m0/s1. The summed E-state index contributed by atoms with van der Waals surface area (Å²) in [5.41, 5.74) is 0.468. The summed E-state index contributed by atoms with van der Waals surface area (Å²) in [5, 5.41) is 47.1.